The van der Waals surface area contributed by atoms with Crippen molar-refractivity contribution in [2.75, 3.05) is 0 Å². The van der Waals surface area contributed by atoms with Crippen LogP contribution in [0.15, 0.2) is 23.1 Å². The molecule has 2 N–H and O–H groups in total. The summed E-state index contributed by atoms with van der Waals surface area (Å²) >= 11 is 0.911. The van der Waals surface area contributed by atoms with E-state index in [0.29, 0.717) is 11.9 Å². The van der Waals surface area contributed by atoms with Crippen LogP contribution in [0.3, 0.4) is 0 Å². The third-order valence-electron chi connectivity index (χ3n) is 3.30. The molecule has 9 heteroatoms. The van der Waals surface area contributed by atoms with Crippen LogP contribution >= 0.6 is 11.7 Å². The Morgan fingerprint density at radius 3 is 2.76 bits per heavy atom. The van der Waals surface area contributed by atoms with Crippen LogP contribution in [-0.2, 0) is 14.8 Å². The second-order valence-electron chi connectivity index (χ2n) is 4.71. The average molecular weight is 329 g/mol. The number of nitrogens with zero attached hydrogens (tertiary/aromatic N) is 2. The van der Waals surface area contributed by atoms with Crippen molar-refractivity contribution in [3.05, 3.63) is 18.2 Å². The first-order valence-corrected chi connectivity index (χ1v) is 8.54. The fraction of sp³-hybridized carbons (Fsp3) is 0.417. The largest absolute Gasteiger partial charge is 0.480 e. The van der Waals surface area contributed by atoms with Crippen molar-refractivity contribution in [1.82, 2.24) is 13.5 Å². The Bertz CT molecular complexity index is 757. The van der Waals surface area contributed by atoms with E-state index in [-0.39, 0.29) is 16.3 Å². The summed E-state index contributed by atoms with van der Waals surface area (Å²) in [5.41, 5.74) is 0.724. The monoisotopic (exact) mass is 329 g/mol. The minimum absolute atomic E-state index is 0.0525. The lowest BCUT2D eigenvalue weighted by molar-refractivity contribution is -0.140. The van der Waals surface area contributed by atoms with E-state index < -0.39 is 22.0 Å². The summed E-state index contributed by atoms with van der Waals surface area (Å²) in [5.74, 6) is -1.53. The molecular formula is C12H15N3O4S2. The fourth-order valence-corrected chi connectivity index (χ4v) is 3.94. The Balaban J connectivity index is 2.42. The molecule has 0 aliphatic rings. The normalized spacial score (nSPS) is 15.0. The molecule has 2 atom stereocenters. The Morgan fingerprint density at radius 2 is 2.14 bits per heavy atom. The van der Waals surface area contributed by atoms with Gasteiger partial charge in [-0.3, -0.25) is 4.79 Å². The topological polar surface area (TPSA) is 109 Å². The van der Waals surface area contributed by atoms with E-state index in [1.54, 1.807) is 26.0 Å². The number of carboxylic acid groups (broad SMARTS) is 1. The van der Waals surface area contributed by atoms with Gasteiger partial charge in [0.1, 0.15) is 22.0 Å². The predicted molar refractivity (Wildman–Crippen MR) is 78.6 cm³/mol. The minimum atomic E-state index is -3.98. The minimum Gasteiger partial charge on any atom is -0.480 e. The van der Waals surface area contributed by atoms with Gasteiger partial charge < -0.3 is 5.11 Å². The standard InChI is InChI=1S/C12H15N3O4S2/c1-3-7(2)10(12(16)17)15-21(18,19)9-6-4-5-8-11(9)14-20-13-8/h4-7,10,15H,3H2,1-2H3,(H,16,17). The van der Waals surface area contributed by atoms with Crippen molar-refractivity contribution in [1.29, 1.82) is 0 Å². The van der Waals surface area contributed by atoms with E-state index in [0.717, 1.165) is 11.7 Å². The first-order valence-electron chi connectivity index (χ1n) is 6.33. The molecule has 0 radical (unpaired) electrons. The molecule has 0 bridgehead atoms. The van der Waals surface area contributed by atoms with Gasteiger partial charge in [-0.2, -0.15) is 13.5 Å². The summed E-state index contributed by atoms with van der Waals surface area (Å²) in [5, 5.41) is 9.21. The molecule has 0 saturated heterocycles. The maximum absolute atomic E-state index is 12.4. The van der Waals surface area contributed by atoms with E-state index in [4.69, 9.17) is 0 Å². The third kappa shape index (κ3) is 3.20. The van der Waals surface area contributed by atoms with Crippen LogP contribution in [0.5, 0.6) is 0 Å². The van der Waals surface area contributed by atoms with Crippen LogP contribution in [0.4, 0.5) is 0 Å². The molecule has 0 amide bonds. The average Bonchev–Trinajstić information content (AvgIpc) is 2.91. The lowest BCUT2D eigenvalue weighted by atomic mass is 10.0. The Labute approximate surface area is 126 Å². The van der Waals surface area contributed by atoms with Crippen molar-refractivity contribution in [3.8, 4) is 0 Å². The molecule has 0 aliphatic carbocycles. The summed E-state index contributed by atoms with van der Waals surface area (Å²) in [6, 6.07) is 3.42. The number of carbonyl (C=O) groups is 1. The summed E-state index contributed by atoms with van der Waals surface area (Å²) in [7, 11) is -3.98. The van der Waals surface area contributed by atoms with Crippen LogP contribution in [0.25, 0.3) is 11.0 Å². The smallest absolute Gasteiger partial charge is 0.322 e. The highest BCUT2D eigenvalue weighted by Gasteiger charge is 2.30. The lowest BCUT2D eigenvalue weighted by Crippen LogP contribution is -2.44. The van der Waals surface area contributed by atoms with Gasteiger partial charge in [0.25, 0.3) is 0 Å². The Kier molecular flexibility index (Phi) is 4.55. The lowest BCUT2D eigenvalue weighted by Gasteiger charge is -2.20. The maximum Gasteiger partial charge on any atom is 0.322 e. The number of rotatable bonds is 6. The number of sulfonamides is 1. The first kappa shape index (κ1) is 15.8. The van der Waals surface area contributed by atoms with Crippen LogP contribution in [-0.4, -0.2) is 34.3 Å². The molecule has 0 spiro atoms. The van der Waals surface area contributed by atoms with Gasteiger partial charge in [0.15, 0.2) is 0 Å². The fourth-order valence-electron chi connectivity index (χ4n) is 1.87. The van der Waals surface area contributed by atoms with Crippen molar-refractivity contribution < 1.29 is 18.3 Å². The van der Waals surface area contributed by atoms with Gasteiger partial charge >= 0.3 is 5.97 Å². The highest BCUT2D eigenvalue weighted by Crippen LogP contribution is 2.22. The van der Waals surface area contributed by atoms with Crippen molar-refractivity contribution in [3.63, 3.8) is 0 Å². The summed E-state index contributed by atoms with van der Waals surface area (Å²) in [6.07, 6.45) is 0.544. The van der Waals surface area contributed by atoms with Crippen molar-refractivity contribution in [2.45, 2.75) is 31.2 Å². The van der Waals surface area contributed by atoms with E-state index in [1.807, 2.05) is 0 Å². The number of aromatic nitrogens is 2. The SMILES string of the molecule is CCC(C)C(NS(=O)(=O)c1cccc2nsnc12)C(=O)O. The Morgan fingerprint density at radius 1 is 1.43 bits per heavy atom. The predicted octanol–water partition coefficient (Wildman–Crippen LogP) is 1.47. The highest BCUT2D eigenvalue weighted by atomic mass is 32.2. The molecule has 2 unspecified atom stereocenters. The number of aliphatic carboxylic acids is 1. The summed E-state index contributed by atoms with van der Waals surface area (Å²) < 4.78 is 35.1. The molecule has 0 fully saturated rings. The molecule has 1 aromatic carbocycles. The molecule has 1 aromatic heterocycles. The molecule has 21 heavy (non-hydrogen) atoms. The van der Waals surface area contributed by atoms with Crippen LogP contribution in [0.1, 0.15) is 20.3 Å². The molecule has 7 nitrogen and oxygen atoms in total. The summed E-state index contributed by atoms with van der Waals surface area (Å²) in [6.45, 7) is 3.49. The zero-order valence-electron chi connectivity index (χ0n) is 11.5. The first-order chi connectivity index (χ1) is 9.86. The van der Waals surface area contributed by atoms with Crippen LogP contribution < -0.4 is 4.72 Å². The van der Waals surface area contributed by atoms with Gasteiger partial charge in [0, 0.05) is 0 Å². The van der Waals surface area contributed by atoms with Gasteiger partial charge in [-0.15, -0.1) is 0 Å². The van der Waals surface area contributed by atoms with Gasteiger partial charge in [0.05, 0.1) is 11.7 Å². The van der Waals surface area contributed by atoms with Gasteiger partial charge in [-0.05, 0) is 18.1 Å². The second-order valence-corrected chi connectivity index (χ2v) is 6.92. The number of hydrogen-bond donors (Lipinski definition) is 2. The zero-order chi connectivity index (χ0) is 15.6. The summed E-state index contributed by atoms with van der Waals surface area (Å²) in [4.78, 5) is 11.2. The highest BCUT2D eigenvalue weighted by molar-refractivity contribution is 7.89. The van der Waals surface area contributed by atoms with Crippen LogP contribution in [0, 0.1) is 5.92 Å². The number of nitrogens with one attached hydrogen (secondary N) is 1. The van der Waals surface area contributed by atoms with Crippen molar-refractivity contribution in [2.24, 2.45) is 5.92 Å². The van der Waals surface area contributed by atoms with Gasteiger partial charge in [-0.1, -0.05) is 26.3 Å². The number of benzene rings is 1. The third-order valence-corrected chi connectivity index (χ3v) is 5.31. The second kappa shape index (κ2) is 6.04. The van der Waals surface area contributed by atoms with Crippen molar-refractivity contribution >= 4 is 38.8 Å². The molecule has 2 rings (SSSR count). The van der Waals surface area contributed by atoms with E-state index >= 15 is 0 Å². The quantitative estimate of drug-likeness (QED) is 0.830. The molecule has 114 valence electrons. The van der Waals surface area contributed by atoms with Gasteiger partial charge in [-0.25, -0.2) is 8.42 Å². The van der Waals surface area contributed by atoms with E-state index in [9.17, 15) is 18.3 Å². The molecule has 1 heterocycles. The number of hydrogen-bond acceptors (Lipinski definition) is 6. The van der Waals surface area contributed by atoms with Crippen LogP contribution in [0.2, 0.25) is 0 Å². The molecule has 0 aliphatic heterocycles. The Hall–Kier alpha value is -1.58. The molecular weight excluding hydrogens is 314 g/mol. The maximum atomic E-state index is 12.4. The van der Waals surface area contributed by atoms with E-state index in [1.165, 1.54) is 6.07 Å². The molecule has 2 aromatic rings. The number of fused-ring (bicyclic) bond motifs is 1. The van der Waals surface area contributed by atoms with Gasteiger partial charge in [0.2, 0.25) is 10.0 Å². The molecule has 0 saturated carbocycles. The number of carboxylic acids is 1. The van der Waals surface area contributed by atoms with E-state index in [2.05, 4.69) is 13.5 Å². The zero-order valence-corrected chi connectivity index (χ0v) is 13.1.